The van der Waals surface area contributed by atoms with Crippen LogP contribution in [0.5, 0.6) is 0 Å². The van der Waals surface area contributed by atoms with Gasteiger partial charge < -0.3 is 10.4 Å². The minimum atomic E-state index is -0.948. The number of amides is 1. The Morgan fingerprint density at radius 3 is 2.00 bits per heavy atom. The van der Waals surface area contributed by atoms with Crippen molar-refractivity contribution in [3.8, 4) is 11.1 Å². The molecule has 4 aromatic rings. The fourth-order valence-corrected chi connectivity index (χ4v) is 4.67. The summed E-state index contributed by atoms with van der Waals surface area (Å²) in [6.07, 6.45) is 1.93. The van der Waals surface area contributed by atoms with Gasteiger partial charge in [-0.1, -0.05) is 79.7 Å². The van der Waals surface area contributed by atoms with E-state index in [-0.39, 0.29) is 18.1 Å². The van der Waals surface area contributed by atoms with Crippen LogP contribution < -0.4 is 5.32 Å². The normalized spacial score (nSPS) is 11.5. The van der Waals surface area contributed by atoms with Crippen LogP contribution in [0.3, 0.4) is 0 Å². The fourth-order valence-electron chi connectivity index (χ4n) is 4.67. The van der Waals surface area contributed by atoms with Crippen molar-refractivity contribution in [3.05, 3.63) is 125 Å². The maximum Gasteiger partial charge on any atom is 0.306 e. The Labute approximate surface area is 229 Å². The summed E-state index contributed by atoms with van der Waals surface area (Å²) < 4.78 is 0. The van der Waals surface area contributed by atoms with Crippen LogP contribution in [0.25, 0.3) is 11.1 Å². The van der Waals surface area contributed by atoms with Crippen LogP contribution in [0, 0.1) is 12.8 Å². The third-order valence-electron chi connectivity index (χ3n) is 7.07. The predicted octanol–water partition coefficient (Wildman–Crippen LogP) is 7.38. The molecule has 0 radical (unpaired) electrons. The van der Waals surface area contributed by atoms with E-state index in [1.165, 1.54) is 5.56 Å². The summed E-state index contributed by atoms with van der Waals surface area (Å²) in [6, 6.07) is 30.2. The molecule has 0 saturated carbocycles. The third kappa shape index (κ3) is 7.29. The van der Waals surface area contributed by atoms with Gasteiger partial charge in [-0.15, -0.1) is 0 Å². The van der Waals surface area contributed by atoms with Gasteiger partial charge >= 0.3 is 5.97 Å². The zero-order valence-electron chi connectivity index (χ0n) is 22.3. The standard InChI is InChI=1S/C34H33NO4/c1-3-25-11-16-29(21-23(25)2)33(37)35-31-19-17-27(18-20-31)26-12-14-28(15-13-26)32(36)22-30(34(38)39)10-9-24-7-5-4-6-8-24/h4-8,11-21,30H,3,9-10,22H2,1-2H3,(H,35,37)(H,38,39). The quantitative estimate of drug-likeness (QED) is 0.203. The molecule has 0 fully saturated rings. The van der Waals surface area contributed by atoms with Crippen LogP contribution >= 0.6 is 0 Å². The molecule has 4 rings (SSSR count). The van der Waals surface area contributed by atoms with E-state index >= 15 is 0 Å². The Morgan fingerprint density at radius 1 is 0.795 bits per heavy atom. The second-order valence-electron chi connectivity index (χ2n) is 9.79. The molecule has 39 heavy (non-hydrogen) atoms. The maximum atomic E-state index is 12.8. The molecule has 4 aromatic carbocycles. The molecular formula is C34H33NO4. The number of rotatable bonds is 11. The fraction of sp³-hybridized carbons (Fsp3) is 0.206. The van der Waals surface area contributed by atoms with Gasteiger partial charge in [0, 0.05) is 23.2 Å². The lowest BCUT2D eigenvalue weighted by Crippen LogP contribution is -2.19. The molecular weight excluding hydrogens is 486 g/mol. The highest BCUT2D eigenvalue weighted by Crippen LogP contribution is 2.24. The van der Waals surface area contributed by atoms with Gasteiger partial charge in [-0.05, 0) is 78.3 Å². The molecule has 0 saturated heterocycles. The molecule has 1 amide bonds. The molecule has 198 valence electrons. The number of aryl methyl sites for hydroxylation is 3. The highest BCUT2D eigenvalue weighted by atomic mass is 16.4. The van der Waals surface area contributed by atoms with Gasteiger partial charge in [0.2, 0.25) is 0 Å². The number of hydrogen-bond donors (Lipinski definition) is 2. The molecule has 0 aliphatic carbocycles. The number of nitrogens with one attached hydrogen (secondary N) is 1. The Bertz CT molecular complexity index is 1440. The smallest absolute Gasteiger partial charge is 0.306 e. The minimum Gasteiger partial charge on any atom is -0.481 e. The largest absolute Gasteiger partial charge is 0.481 e. The minimum absolute atomic E-state index is 0.0311. The summed E-state index contributed by atoms with van der Waals surface area (Å²) in [5.74, 6) is -2.01. The van der Waals surface area contributed by atoms with E-state index in [4.69, 9.17) is 0 Å². The van der Waals surface area contributed by atoms with Crippen molar-refractivity contribution in [3.63, 3.8) is 0 Å². The second-order valence-corrected chi connectivity index (χ2v) is 9.79. The van der Waals surface area contributed by atoms with Gasteiger partial charge in [0.25, 0.3) is 5.91 Å². The monoisotopic (exact) mass is 519 g/mol. The number of carboxylic acids is 1. The number of ketones is 1. The predicted molar refractivity (Wildman–Crippen MR) is 155 cm³/mol. The van der Waals surface area contributed by atoms with Crippen molar-refractivity contribution < 1.29 is 19.5 Å². The summed E-state index contributed by atoms with van der Waals surface area (Å²) in [4.78, 5) is 37.3. The zero-order valence-corrected chi connectivity index (χ0v) is 22.3. The average molecular weight is 520 g/mol. The summed E-state index contributed by atoms with van der Waals surface area (Å²) in [5, 5.41) is 12.6. The number of hydrogen-bond acceptors (Lipinski definition) is 3. The van der Waals surface area contributed by atoms with Crippen molar-refractivity contribution in [2.24, 2.45) is 5.92 Å². The molecule has 0 aliphatic rings. The number of aliphatic carboxylic acids is 1. The van der Waals surface area contributed by atoms with E-state index in [0.717, 1.165) is 28.7 Å². The molecule has 0 spiro atoms. The van der Waals surface area contributed by atoms with E-state index in [0.29, 0.717) is 29.7 Å². The molecule has 0 aromatic heterocycles. The number of Topliss-reactive ketones (excluding diaryl/α,β-unsaturated/α-hetero) is 1. The van der Waals surface area contributed by atoms with Crippen LogP contribution in [0.1, 0.15) is 57.2 Å². The maximum absolute atomic E-state index is 12.8. The molecule has 5 heteroatoms. The van der Waals surface area contributed by atoms with Gasteiger partial charge in [-0.25, -0.2) is 0 Å². The Morgan fingerprint density at radius 2 is 1.41 bits per heavy atom. The lowest BCUT2D eigenvalue weighted by atomic mass is 9.92. The molecule has 0 bridgehead atoms. The first-order chi connectivity index (χ1) is 18.8. The highest BCUT2D eigenvalue weighted by molar-refractivity contribution is 6.04. The number of carbonyl (C=O) groups excluding carboxylic acids is 2. The zero-order chi connectivity index (χ0) is 27.8. The van der Waals surface area contributed by atoms with Crippen molar-refractivity contribution >= 4 is 23.3 Å². The van der Waals surface area contributed by atoms with Crippen LogP contribution in [-0.2, 0) is 17.6 Å². The van der Waals surface area contributed by atoms with Gasteiger partial charge in [0.1, 0.15) is 0 Å². The Hall–Kier alpha value is -4.51. The van der Waals surface area contributed by atoms with Crippen molar-refractivity contribution in [1.29, 1.82) is 0 Å². The lowest BCUT2D eigenvalue weighted by Gasteiger charge is -2.12. The first-order valence-electron chi connectivity index (χ1n) is 13.3. The molecule has 0 heterocycles. The third-order valence-corrected chi connectivity index (χ3v) is 7.07. The molecule has 1 unspecified atom stereocenters. The van der Waals surface area contributed by atoms with E-state index in [2.05, 4.69) is 12.2 Å². The van der Waals surface area contributed by atoms with E-state index in [9.17, 15) is 19.5 Å². The summed E-state index contributed by atoms with van der Waals surface area (Å²) in [6.45, 7) is 4.11. The Kier molecular flexibility index (Phi) is 9.06. The van der Waals surface area contributed by atoms with E-state index in [1.807, 2.05) is 91.9 Å². The summed E-state index contributed by atoms with van der Waals surface area (Å²) in [7, 11) is 0. The van der Waals surface area contributed by atoms with Crippen LogP contribution in [-0.4, -0.2) is 22.8 Å². The van der Waals surface area contributed by atoms with E-state index in [1.54, 1.807) is 12.1 Å². The topological polar surface area (TPSA) is 83.5 Å². The van der Waals surface area contributed by atoms with Crippen LogP contribution in [0.2, 0.25) is 0 Å². The van der Waals surface area contributed by atoms with Crippen LogP contribution in [0.15, 0.2) is 97.1 Å². The summed E-state index contributed by atoms with van der Waals surface area (Å²) >= 11 is 0. The first kappa shape index (κ1) is 27.5. The number of carbonyl (C=O) groups is 3. The lowest BCUT2D eigenvalue weighted by molar-refractivity contribution is -0.141. The highest BCUT2D eigenvalue weighted by Gasteiger charge is 2.22. The van der Waals surface area contributed by atoms with Gasteiger partial charge in [-0.3, -0.25) is 14.4 Å². The average Bonchev–Trinajstić information content (AvgIpc) is 2.96. The number of anilines is 1. The van der Waals surface area contributed by atoms with Crippen molar-refractivity contribution in [2.75, 3.05) is 5.32 Å². The second kappa shape index (κ2) is 12.8. The van der Waals surface area contributed by atoms with Gasteiger partial charge in [0.15, 0.2) is 5.78 Å². The SMILES string of the molecule is CCc1ccc(C(=O)Nc2ccc(-c3ccc(C(=O)CC(CCc4ccccc4)C(=O)O)cc3)cc2)cc1C. The van der Waals surface area contributed by atoms with Crippen molar-refractivity contribution in [1.82, 2.24) is 0 Å². The van der Waals surface area contributed by atoms with Crippen molar-refractivity contribution in [2.45, 2.75) is 39.5 Å². The van der Waals surface area contributed by atoms with E-state index < -0.39 is 11.9 Å². The van der Waals surface area contributed by atoms with Gasteiger partial charge in [-0.2, -0.15) is 0 Å². The Balaban J connectivity index is 1.36. The summed E-state index contributed by atoms with van der Waals surface area (Å²) in [5.41, 5.74) is 7.09. The van der Waals surface area contributed by atoms with Crippen LogP contribution in [0.4, 0.5) is 5.69 Å². The molecule has 1 atom stereocenters. The molecule has 5 nitrogen and oxygen atoms in total. The number of benzene rings is 4. The molecule has 0 aliphatic heterocycles. The molecule has 2 N–H and O–H groups in total. The number of carboxylic acid groups (broad SMARTS) is 1. The van der Waals surface area contributed by atoms with Gasteiger partial charge in [0.05, 0.1) is 5.92 Å². The first-order valence-corrected chi connectivity index (χ1v) is 13.3.